The van der Waals surface area contributed by atoms with E-state index < -0.39 is 0 Å². The van der Waals surface area contributed by atoms with Crippen molar-refractivity contribution >= 4 is 10.8 Å². The summed E-state index contributed by atoms with van der Waals surface area (Å²) in [5.41, 5.74) is 3.81. The van der Waals surface area contributed by atoms with Crippen LogP contribution in [0, 0.1) is 0 Å². The third-order valence-corrected chi connectivity index (χ3v) is 4.99. The van der Waals surface area contributed by atoms with Gasteiger partial charge >= 0.3 is 0 Å². The number of fused-ring (bicyclic) bond motifs is 1. The molecule has 0 aliphatic rings. The van der Waals surface area contributed by atoms with Crippen molar-refractivity contribution in [1.82, 2.24) is 0 Å². The van der Waals surface area contributed by atoms with Crippen molar-refractivity contribution in [2.24, 2.45) is 0 Å². The molecule has 3 aromatic rings. The zero-order valence-electron chi connectivity index (χ0n) is 18.1. The van der Waals surface area contributed by atoms with Gasteiger partial charge in [0.05, 0.1) is 6.61 Å². The standard InChI is InChI=1S/C22H24O.C5H12/c1-3-5-14-23-22-13-12-21(15-17(22)4-2)20-11-10-18-8-6-7-9-19(18)16-20;1-3-5-4-2/h6-13,15-16H,3-5,14H2,1-2H3;3-5H2,1-2H3. The fourth-order valence-corrected chi connectivity index (χ4v) is 3.23. The van der Waals surface area contributed by atoms with Gasteiger partial charge in [-0.1, -0.05) is 95.8 Å². The van der Waals surface area contributed by atoms with E-state index in [0.29, 0.717) is 0 Å². The molecule has 3 rings (SSSR count). The Bertz CT molecular complexity index is 833. The first-order valence-electron chi connectivity index (χ1n) is 11.0. The largest absolute Gasteiger partial charge is 0.493 e. The van der Waals surface area contributed by atoms with E-state index in [-0.39, 0.29) is 0 Å². The summed E-state index contributed by atoms with van der Waals surface area (Å²) < 4.78 is 5.93. The normalized spacial score (nSPS) is 10.4. The van der Waals surface area contributed by atoms with Crippen molar-refractivity contribution in [2.45, 2.75) is 66.2 Å². The molecule has 0 saturated carbocycles. The van der Waals surface area contributed by atoms with Gasteiger partial charge in [-0.05, 0) is 58.5 Å². The summed E-state index contributed by atoms with van der Waals surface area (Å²) in [6.07, 6.45) is 7.34. The SMILES string of the molecule is CCCCC.CCCCOc1ccc(-c2ccc3ccccc3c2)cc1CC. The monoisotopic (exact) mass is 376 g/mol. The summed E-state index contributed by atoms with van der Waals surface area (Å²) in [5.74, 6) is 1.03. The van der Waals surface area contributed by atoms with Gasteiger partial charge in [0.1, 0.15) is 5.75 Å². The number of benzene rings is 3. The zero-order chi connectivity index (χ0) is 20.2. The lowest BCUT2D eigenvalue weighted by molar-refractivity contribution is 0.306. The van der Waals surface area contributed by atoms with Crippen LogP contribution < -0.4 is 4.74 Å². The zero-order valence-corrected chi connectivity index (χ0v) is 18.1. The lowest BCUT2D eigenvalue weighted by Crippen LogP contribution is -1.99. The van der Waals surface area contributed by atoms with Crippen molar-refractivity contribution in [1.29, 1.82) is 0 Å². The van der Waals surface area contributed by atoms with Gasteiger partial charge in [0.25, 0.3) is 0 Å². The first kappa shape index (κ1) is 22.0. The molecule has 3 aromatic carbocycles. The van der Waals surface area contributed by atoms with Crippen LogP contribution in [0.15, 0.2) is 60.7 Å². The first-order valence-corrected chi connectivity index (χ1v) is 11.0. The summed E-state index contributed by atoms with van der Waals surface area (Å²) >= 11 is 0. The minimum absolute atomic E-state index is 0.804. The van der Waals surface area contributed by atoms with Gasteiger partial charge in [-0.3, -0.25) is 0 Å². The molecule has 0 aliphatic heterocycles. The van der Waals surface area contributed by atoms with E-state index >= 15 is 0 Å². The van der Waals surface area contributed by atoms with Crippen LogP contribution in [0.2, 0.25) is 0 Å². The average molecular weight is 377 g/mol. The van der Waals surface area contributed by atoms with Gasteiger partial charge in [-0.2, -0.15) is 0 Å². The molecular formula is C27H36O. The Morgan fingerprint density at radius 3 is 1.93 bits per heavy atom. The molecule has 0 heterocycles. The van der Waals surface area contributed by atoms with E-state index in [0.717, 1.165) is 31.6 Å². The Morgan fingerprint density at radius 1 is 0.643 bits per heavy atom. The van der Waals surface area contributed by atoms with Gasteiger partial charge in [-0.15, -0.1) is 0 Å². The van der Waals surface area contributed by atoms with E-state index in [2.05, 4.69) is 88.4 Å². The van der Waals surface area contributed by atoms with Crippen LogP contribution in [0.25, 0.3) is 21.9 Å². The highest BCUT2D eigenvalue weighted by molar-refractivity contribution is 5.87. The molecule has 1 nitrogen and oxygen atoms in total. The Morgan fingerprint density at radius 2 is 1.29 bits per heavy atom. The molecule has 0 atom stereocenters. The molecule has 28 heavy (non-hydrogen) atoms. The molecule has 0 amide bonds. The van der Waals surface area contributed by atoms with Gasteiger partial charge in [0.15, 0.2) is 0 Å². The summed E-state index contributed by atoms with van der Waals surface area (Å²) in [4.78, 5) is 0. The molecule has 0 spiro atoms. The molecule has 0 fully saturated rings. The number of rotatable bonds is 8. The lowest BCUT2D eigenvalue weighted by atomic mass is 9.98. The second-order valence-electron chi connectivity index (χ2n) is 7.29. The Labute approximate surface area is 171 Å². The molecule has 0 saturated heterocycles. The topological polar surface area (TPSA) is 9.23 Å². The number of ether oxygens (including phenoxy) is 1. The van der Waals surface area contributed by atoms with E-state index in [1.165, 1.54) is 46.7 Å². The summed E-state index contributed by atoms with van der Waals surface area (Å²) in [6, 6.07) is 21.7. The quantitative estimate of drug-likeness (QED) is 0.358. The van der Waals surface area contributed by atoms with E-state index in [4.69, 9.17) is 4.74 Å². The third-order valence-electron chi connectivity index (χ3n) is 4.99. The van der Waals surface area contributed by atoms with Gasteiger partial charge < -0.3 is 4.74 Å². The second kappa shape index (κ2) is 12.2. The predicted octanol–water partition coefficient (Wildman–Crippen LogP) is 8.44. The number of hydrogen-bond donors (Lipinski definition) is 0. The number of unbranched alkanes of at least 4 members (excludes halogenated alkanes) is 3. The van der Waals surface area contributed by atoms with Crippen LogP contribution in [0.1, 0.15) is 65.4 Å². The van der Waals surface area contributed by atoms with Gasteiger partial charge in [-0.25, -0.2) is 0 Å². The minimum atomic E-state index is 0.804. The van der Waals surface area contributed by atoms with E-state index in [1.807, 2.05) is 0 Å². The fraction of sp³-hybridized carbons (Fsp3) is 0.407. The first-order chi connectivity index (χ1) is 13.7. The second-order valence-corrected chi connectivity index (χ2v) is 7.29. The van der Waals surface area contributed by atoms with Crippen LogP contribution in [0.4, 0.5) is 0 Å². The number of hydrogen-bond acceptors (Lipinski definition) is 1. The summed E-state index contributed by atoms with van der Waals surface area (Å²) in [6.45, 7) is 9.60. The molecule has 0 bridgehead atoms. The molecule has 1 heteroatoms. The highest BCUT2D eigenvalue weighted by Crippen LogP contribution is 2.29. The minimum Gasteiger partial charge on any atom is -0.493 e. The molecule has 0 aliphatic carbocycles. The lowest BCUT2D eigenvalue weighted by Gasteiger charge is -2.12. The van der Waals surface area contributed by atoms with Gasteiger partial charge in [0, 0.05) is 0 Å². The Hall–Kier alpha value is -2.28. The molecule has 150 valence electrons. The fourth-order valence-electron chi connectivity index (χ4n) is 3.23. The van der Waals surface area contributed by atoms with Crippen LogP contribution in [0.3, 0.4) is 0 Å². The van der Waals surface area contributed by atoms with Crippen molar-refractivity contribution in [3.63, 3.8) is 0 Å². The smallest absolute Gasteiger partial charge is 0.122 e. The van der Waals surface area contributed by atoms with Crippen molar-refractivity contribution in [3.8, 4) is 16.9 Å². The van der Waals surface area contributed by atoms with Gasteiger partial charge in [0.2, 0.25) is 0 Å². The van der Waals surface area contributed by atoms with E-state index in [9.17, 15) is 0 Å². The molecule has 0 N–H and O–H groups in total. The number of aryl methyl sites for hydroxylation is 1. The van der Waals surface area contributed by atoms with Crippen molar-refractivity contribution in [3.05, 3.63) is 66.2 Å². The summed E-state index contributed by atoms with van der Waals surface area (Å²) in [5, 5.41) is 2.57. The third kappa shape index (κ3) is 6.41. The maximum atomic E-state index is 5.93. The highest BCUT2D eigenvalue weighted by Gasteiger charge is 2.06. The van der Waals surface area contributed by atoms with E-state index in [1.54, 1.807) is 0 Å². The Kier molecular flexibility index (Phi) is 9.62. The predicted molar refractivity (Wildman–Crippen MR) is 124 cm³/mol. The van der Waals surface area contributed by atoms with Crippen LogP contribution >= 0.6 is 0 Å². The molecule has 0 radical (unpaired) electrons. The molecule has 0 aromatic heterocycles. The highest BCUT2D eigenvalue weighted by atomic mass is 16.5. The van der Waals surface area contributed by atoms with Crippen LogP contribution in [-0.2, 0) is 6.42 Å². The van der Waals surface area contributed by atoms with Crippen LogP contribution in [0.5, 0.6) is 5.75 Å². The van der Waals surface area contributed by atoms with Crippen molar-refractivity contribution in [2.75, 3.05) is 6.61 Å². The average Bonchev–Trinajstić information content (AvgIpc) is 2.75. The maximum absolute atomic E-state index is 5.93. The summed E-state index contributed by atoms with van der Waals surface area (Å²) in [7, 11) is 0. The molecule has 0 unspecified atom stereocenters. The maximum Gasteiger partial charge on any atom is 0.122 e. The van der Waals surface area contributed by atoms with Crippen LogP contribution in [-0.4, -0.2) is 6.61 Å². The molecular weight excluding hydrogens is 340 g/mol. The van der Waals surface area contributed by atoms with Crippen molar-refractivity contribution < 1.29 is 4.74 Å². The Balaban J connectivity index is 0.000000500.